The summed E-state index contributed by atoms with van der Waals surface area (Å²) < 4.78 is 35.2. The number of esters is 1. The van der Waals surface area contributed by atoms with Crippen molar-refractivity contribution in [2.24, 2.45) is 0 Å². The van der Waals surface area contributed by atoms with Gasteiger partial charge in [-0.25, -0.2) is 4.98 Å². The molecule has 0 saturated heterocycles. The Bertz CT molecular complexity index is 657. The maximum Gasteiger partial charge on any atom is 0.345 e. The number of aryl methyl sites for hydroxylation is 1. The van der Waals surface area contributed by atoms with Gasteiger partial charge >= 0.3 is 13.6 Å². The van der Waals surface area contributed by atoms with Crippen molar-refractivity contribution in [2.45, 2.75) is 104 Å². The first-order chi connectivity index (χ1) is 14.1. The zero-order chi connectivity index (χ0) is 22.6. The molecule has 1 atom stereocenters. The number of ether oxygens (including phenoxy) is 1. The lowest BCUT2D eigenvalue weighted by Gasteiger charge is -2.27. The lowest BCUT2D eigenvalue weighted by molar-refractivity contribution is -0.154. The summed E-state index contributed by atoms with van der Waals surface area (Å²) in [6.45, 7) is 11.2. The predicted molar refractivity (Wildman–Crippen MR) is 118 cm³/mol. The molecule has 1 heterocycles. The van der Waals surface area contributed by atoms with E-state index in [9.17, 15) is 9.36 Å². The van der Waals surface area contributed by atoms with E-state index in [1.165, 1.54) is 25.7 Å². The first-order valence-electron chi connectivity index (χ1n) is 11.2. The highest BCUT2D eigenvalue weighted by Gasteiger charge is 2.44. The largest absolute Gasteiger partial charge is 0.459 e. The van der Waals surface area contributed by atoms with Gasteiger partial charge in [0.1, 0.15) is 11.9 Å². The SMILES string of the molecule is CCCCCCCCc1coc(CC(C(=O)OC(C)(C)C)P(=O)(OCC)OCC)n1. The van der Waals surface area contributed by atoms with Crippen molar-refractivity contribution >= 4 is 13.6 Å². The van der Waals surface area contributed by atoms with Gasteiger partial charge in [-0.15, -0.1) is 0 Å². The maximum atomic E-state index is 13.3. The second kappa shape index (κ2) is 13.3. The molecular formula is C22H40NO6P. The van der Waals surface area contributed by atoms with Crippen LogP contribution in [0.2, 0.25) is 0 Å². The van der Waals surface area contributed by atoms with Crippen molar-refractivity contribution in [2.75, 3.05) is 13.2 Å². The van der Waals surface area contributed by atoms with Crippen molar-refractivity contribution in [1.29, 1.82) is 0 Å². The fraction of sp³-hybridized carbons (Fsp3) is 0.818. The molecule has 1 unspecified atom stereocenters. The van der Waals surface area contributed by atoms with Crippen LogP contribution in [0.3, 0.4) is 0 Å². The van der Waals surface area contributed by atoms with Gasteiger partial charge in [-0.1, -0.05) is 39.0 Å². The van der Waals surface area contributed by atoms with Gasteiger partial charge in [0.25, 0.3) is 0 Å². The molecule has 0 saturated carbocycles. The Morgan fingerprint density at radius 1 is 1.07 bits per heavy atom. The quantitative estimate of drug-likeness (QED) is 0.183. The maximum absolute atomic E-state index is 13.3. The number of carbonyl (C=O) groups is 1. The molecule has 0 fully saturated rings. The van der Waals surface area contributed by atoms with Gasteiger partial charge in [0.15, 0.2) is 11.5 Å². The van der Waals surface area contributed by atoms with Crippen LogP contribution in [-0.2, 0) is 36.0 Å². The topological polar surface area (TPSA) is 87.9 Å². The smallest absolute Gasteiger partial charge is 0.345 e. The molecule has 7 nitrogen and oxygen atoms in total. The van der Waals surface area contributed by atoms with Crippen LogP contribution in [0.4, 0.5) is 0 Å². The van der Waals surface area contributed by atoms with Crippen molar-refractivity contribution in [3.05, 3.63) is 17.8 Å². The van der Waals surface area contributed by atoms with Gasteiger partial charge in [-0.05, 0) is 47.5 Å². The van der Waals surface area contributed by atoms with Gasteiger partial charge < -0.3 is 18.2 Å². The van der Waals surface area contributed by atoms with Crippen LogP contribution >= 0.6 is 7.60 Å². The zero-order valence-electron chi connectivity index (χ0n) is 19.6. The second-order valence-electron chi connectivity index (χ2n) is 8.38. The van der Waals surface area contributed by atoms with E-state index in [2.05, 4.69) is 11.9 Å². The number of hydrogen-bond acceptors (Lipinski definition) is 7. The van der Waals surface area contributed by atoms with E-state index in [4.69, 9.17) is 18.2 Å². The first kappa shape index (κ1) is 26.9. The number of aromatic nitrogens is 1. The van der Waals surface area contributed by atoms with E-state index in [-0.39, 0.29) is 19.6 Å². The molecule has 0 aliphatic carbocycles. The Hall–Kier alpha value is -1.17. The van der Waals surface area contributed by atoms with E-state index < -0.39 is 24.8 Å². The average Bonchev–Trinajstić information content (AvgIpc) is 3.09. The van der Waals surface area contributed by atoms with Crippen LogP contribution in [0.5, 0.6) is 0 Å². The number of hydrogen-bond donors (Lipinski definition) is 0. The third-order valence-electron chi connectivity index (χ3n) is 4.43. The van der Waals surface area contributed by atoms with Crippen molar-refractivity contribution in [3.8, 4) is 0 Å². The second-order valence-corrected chi connectivity index (χ2v) is 10.6. The minimum absolute atomic E-state index is 0.00267. The van der Waals surface area contributed by atoms with Gasteiger partial charge in [0.05, 0.1) is 18.9 Å². The average molecular weight is 446 g/mol. The summed E-state index contributed by atoms with van der Waals surface area (Å²) in [5.41, 5.74) is -1.01. The number of nitrogens with zero attached hydrogens (tertiary/aromatic N) is 1. The van der Waals surface area contributed by atoms with Gasteiger partial charge in [0, 0.05) is 6.42 Å². The summed E-state index contributed by atoms with van der Waals surface area (Å²) >= 11 is 0. The fourth-order valence-corrected chi connectivity index (χ4v) is 4.93. The number of oxazole rings is 1. The lowest BCUT2D eigenvalue weighted by Crippen LogP contribution is -2.34. The van der Waals surface area contributed by atoms with Gasteiger partial charge in [-0.2, -0.15) is 0 Å². The Balaban J connectivity index is 2.85. The standard InChI is InChI=1S/C22H40NO6P/c1-7-10-11-12-13-14-15-18-17-26-20(23-18)16-19(21(24)29-22(4,5)6)30(25,27-8-2)28-9-3/h17,19H,7-16H2,1-6H3. The van der Waals surface area contributed by atoms with Crippen LogP contribution in [0.25, 0.3) is 0 Å². The fourth-order valence-electron chi connectivity index (χ4n) is 3.08. The molecule has 0 spiro atoms. The minimum Gasteiger partial charge on any atom is -0.459 e. The molecular weight excluding hydrogens is 405 g/mol. The Labute approximate surface area is 181 Å². The third kappa shape index (κ3) is 9.76. The minimum atomic E-state index is -3.74. The molecule has 0 aromatic carbocycles. The summed E-state index contributed by atoms with van der Waals surface area (Å²) in [6.07, 6.45) is 9.64. The van der Waals surface area contributed by atoms with Crippen LogP contribution < -0.4 is 0 Å². The molecule has 1 aromatic heterocycles. The molecule has 0 aliphatic rings. The molecule has 0 N–H and O–H groups in total. The zero-order valence-corrected chi connectivity index (χ0v) is 20.5. The molecule has 0 bridgehead atoms. The van der Waals surface area contributed by atoms with Gasteiger partial charge in [0.2, 0.25) is 0 Å². The number of unbranched alkanes of at least 4 members (excludes halogenated alkanes) is 5. The Kier molecular flexibility index (Phi) is 11.9. The highest BCUT2D eigenvalue weighted by molar-refractivity contribution is 7.55. The summed E-state index contributed by atoms with van der Waals surface area (Å²) in [4.78, 5) is 17.3. The summed E-state index contributed by atoms with van der Waals surface area (Å²) in [5, 5.41) is 0. The predicted octanol–water partition coefficient (Wildman–Crippen LogP) is 6.10. The van der Waals surface area contributed by atoms with E-state index >= 15 is 0 Å². The monoisotopic (exact) mass is 445 g/mol. The van der Waals surface area contributed by atoms with E-state index in [0.717, 1.165) is 25.0 Å². The highest BCUT2D eigenvalue weighted by Crippen LogP contribution is 2.54. The molecule has 0 amide bonds. The normalized spacial score (nSPS) is 13.4. The third-order valence-corrected chi connectivity index (χ3v) is 6.83. The van der Waals surface area contributed by atoms with E-state index in [0.29, 0.717) is 5.89 Å². The van der Waals surface area contributed by atoms with Crippen molar-refractivity contribution in [1.82, 2.24) is 4.98 Å². The summed E-state index contributed by atoms with van der Waals surface area (Å²) in [7, 11) is -3.74. The number of rotatable bonds is 15. The molecule has 8 heteroatoms. The number of carbonyl (C=O) groups excluding carboxylic acids is 1. The summed E-state index contributed by atoms with van der Waals surface area (Å²) in [6, 6.07) is 0. The highest BCUT2D eigenvalue weighted by atomic mass is 31.2. The van der Waals surface area contributed by atoms with Gasteiger partial charge in [-0.3, -0.25) is 9.36 Å². The molecule has 0 radical (unpaired) electrons. The van der Waals surface area contributed by atoms with E-state index in [1.54, 1.807) is 40.9 Å². The molecule has 1 rings (SSSR count). The van der Waals surface area contributed by atoms with Crippen LogP contribution in [0.15, 0.2) is 10.7 Å². The van der Waals surface area contributed by atoms with Crippen LogP contribution in [0, 0.1) is 0 Å². The molecule has 0 aliphatic heterocycles. The van der Waals surface area contributed by atoms with E-state index in [1.807, 2.05) is 0 Å². The molecule has 1 aromatic rings. The van der Waals surface area contributed by atoms with Crippen molar-refractivity contribution < 1.29 is 27.6 Å². The lowest BCUT2D eigenvalue weighted by atomic mass is 10.1. The molecule has 30 heavy (non-hydrogen) atoms. The van der Waals surface area contributed by atoms with Crippen LogP contribution in [-0.4, -0.2) is 35.4 Å². The van der Waals surface area contributed by atoms with Crippen LogP contribution in [0.1, 0.15) is 91.7 Å². The van der Waals surface area contributed by atoms with Crippen molar-refractivity contribution in [3.63, 3.8) is 0 Å². The Morgan fingerprint density at radius 3 is 2.23 bits per heavy atom. The molecule has 174 valence electrons. The summed E-state index contributed by atoms with van der Waals surface area (Å²) in [5.74, 6) is -0.296. The Morgan fingerprint density at radius 2 is 1.67 bits per heavy atom. The first-order valence-corrected chi connectivity index (χ1v) is 12.8.